The van der Waals surface area contributed by atoms with Crippen molar-refractivity contribution in [3.63, 3.8) is 0 Å². The summed E-state index contributed by atoms with van der Waals surface area (Å²) in [5, 5.41) is 2.00. The zero-order valence-corrected chi connectivity index (χ0v) is 10.7. The van der Waals surface area contributed by atoms with Crippen molar-refractivity contribution in [1.82, 2.24) is 5.32 Å². The first-order valence-electron chi connectivity index (χ1n) is 4.37. The molecule has 0 atom stereocenters. The molecule has 1 amide bonds. The van der Waals surface area contributed by atoms with Gasteiger partial charge in [0.25, 0.3) is 0 Å². The average Bonchev–Trinajstić information content (AvgIpc) is 2.00. The predicted molar refractivity (Wildman–Crippen MR) is 57.3 cm³/mol. The van der Waals surface area contributed by atoms with E-state index < -0.39 is 23.0 Å². The highest BCUT2D eigenvalue weighted by molar-refractivity contribution is 7.80. The van der Waals surface area contributed by atoms with Crippen LogP contribution >= 0.6 is 0 Å². The maximum Gasteiger partial charge on any atom is 0.248 e. The summed E-state index contributed by atoms with van der Waals surface area (Å²) in [6, 6.07) is 0. The van der Waals surface area contributed by atoms with Gasteiger partial charge < -0.3 is 14.8 Å². The van der Waals surface area contributed by atoms with E-state index in [0.29, 0.717) is 0 Å². The Morgan fingerprint density at radius 2 is 1.81 bits per heavy atom. The molecule has 0 saturated heterocycles. The van der Waals surface area contributed by atoms with Gasteiger partial charge in [-0.15, -0.1) is 0 Å². The Balaban J connectivity index is 0. The van der Waals surface area contributed by atoms with Crippen molar-refractivity contribution in [2.75, 3.05) is 27.9 Å². The minimum Gasteiger partial charge on any atom is -0.725 e. The van der Waals surface area contributed by atoms with Crippen LogP contribution in [0, 0.1) is 0 Å². The van der Waals surface area contributed by atoms with Crippen molar-refractivity contribution in [3.05, 3.63) is 12.2 Å². The molecule has 0 aromatic heterocycles. The van der Waals surface area contributed by atoms with Gasteiger partial charge in [-0.3, -0.25) is 8.98 Å². The van der Waals surface area contributed by atoms with E-state index >= 15 is 0 Å². The van der Waals surface area contributed by atoms with Crippen LogP contribution in [-0.4, -0.2) is 46.8 Å². The van der Waals surface area contributed by atoms with Crippen LogP contribution in [-0.2, 0) is 19.4 Å². The van der Waals surface area contributed by atoms with Crippen LogP contribution in [0.4, 0.5) is 0 Å². The third-order valence-corrected chi connectivity index (χ3v) is 1.23. The van der Waals surface area contributed by atoms with E-state index in [1.807, 2.05) is 5.32 Å². The molecule has 7 nitrogen and oxygen atoms in total. The maximum atomic E-state index is 10.6. The molecule has 16 heavy (non-hydrogen) atoms. The standard InChI is InChI=1S/C5H9NO5S.C3H9N/c1-4(2)5(7)6-3-11-12(8,9)10;1-4(2)3/h1,3H2,2H3,(H,6,7)(H,8,9,10);1-3H3. The summed E-state index contributed by atoms with van der Waals surface area (Å²) in [4.78, 5) is 12.1. The molecule has 0 aliphatic rings. The molecule has 0 aliphatic carbocycles. The third kappa shape index (κ3) is 18.8. The van der Waals surface area contributed by atoms with Crippen LogP contribution in [0.3, 0.4) is 0 Å². The Labute approximate surface area is 96.0 Å². The number of hydrogen-bond donors (Lipinski definition) is 2. The van der Waals surface area contributed by atoms with Crippen molar-refractivity contribution in [1.29, 1.82) is 0 Å². The molecule has 8 heteroatoms. The van der Waals surface area contributed by atoms with Crippen molar-refractivity contribution in [3.8, 4) is 0 Å². The highest BCUT2D eigenvalue weighted by atomic mass is 32.3. The number of carbonyl (C=O) groups excluding carboxylic acids is 1. The van der Waals surface area contributed by atoms with Gasteiger partial charge >= 0.3 is 0 Å². The van der Waals surface area contributed by atoms with Crippen LogP contribution in [0.15, 0.2) is 12.2 Å². The van der Waals surface area contributed by atoms with Crippen molar-refractivity contribution in [2.45, 2.75) is 6.92 Å². The van der Waals surface area contributed by atoms with E-state index in [2.05, 4.69) is 31.9 Å². The molecule has 0 bridgehead atoms. The lowest BCUT2D eigenvalue weighted by molar-refractivity contribution is -0.836. The second-order valence-electron chi connectivity index (χ2n) is 3.46. The summed E-state index contributed by atoms with van der Waals surface area (Å²) in [5.74, 6) is -0.571. The highest BCUT2D eigenvalue weighted by Crippen LogP contribution is 1.87. The van der Waals surface area contributed by atoms with Gasteiger partial charge in [-0.2, -0.15) is 0 Å². The molecule has 2 N–H and O–H groups in total. The fourth-order valence-electron chi connectivity index (χ4n) is 0.318. The summed E-state index contributed by atoms with van der Waals surface area (Å²) >= 11 is 0. The lowest BCUT2D eigenvalue weighted by atomic mass is 10.3. The van der Waals surface area contributed by atoms with E-state index in [1.165, 1.54) is 11.8 Å². The van der Waals surface area contributed by atoms with Crippen LogP contribution < -0.4 is 10.2 Å². The second-order valence-corrected chi connectivity index (χ2v) is 4.51. The second kappa shape index (κ2) is 8.22. The molecule has 0 aromatic carbocycles. The third-order valence-electron chi connectivity index (χ3n) is 0.824. The number of hydrogen-bond acceptors (Lipinski definition) is 5. The fourth-order valence-corrected chi connectivity index (χ4v) is 0.521. The monoisotopic (exact) mass is 254 g/mol. The van der Waals surface area contributed by atoms with E-state index in [-0.39, 0.29) is 5.57 Å². The van der Waals surface area contributed by atoms with Crippen molar-refractivity contribution >= 4 is 16.3 Å². The van der Waals surface area contributed by atoms with E-state index in [1.54, 1.807) is 0 Å². The highest BCUT2D eigenvalue weighted by Gasteiger charge is 2.00. The first-order chi connectivity index (χ1) is 7.06. The molecule has 0 fully saturated rings. The Bertz CT molecular complexity index is 321. The number of quaternary nitrogens is 1. The molecular weight excluding hydrogens is 236 g/mol. The van der Waals surface area contributed by atoms with E-state index in [0.717, 1.165) is 0 Å². The smallest absolute Gasteiger partial charge is 0.248 e. The van der Waals surface area contributed by atoms with E-state index in [9.17, 15) is 17.8 Å². The predicted octanol–water partition coefficient (Wildman–Crippen LogP) is -2.13. The zero-order chi connectivity index (χ0) is 13.4. The number of carbonyl (C=O) groups is 1. The van der Waals surface area contributed by atoms with Gasteiger partial charge in [-0.05, 0) is 6.92 Å². The zero-order valence-electron chi connectivity index (χ0n) is 9.86. The molecule has 0 spiro atoms. The van der Waals surface area contributed by atoms with Crippen molar-refractivity contribution < 1.29 is 26.8 Å². The molecular formula is C8H18N2O5S. The minimum atomic E-state index is -4.74. The first-order valence-corrected chi connectivity index (χ1v) is 5.70. The summed E-state index contributed by atoms with van der Waals surface area (Å²) in [6.07, 6.45) is 0. The largest absolute Gasteiger partial charge is 0.725 e. The van der Waals surface area contributed by atoms with E-state index in [4.69, 9.17) is 0 Å². The average molecular weight is 254 g/mol. The molecule has 0 saturated carbocycles. The minimum absolute atomic E-state index is 0.196. The van der Waals surface area contributed by atoms with Gasteiger partial charge in [-0.1, -0.05) is 6.58 Å². The quantitative estimate of drug-likeness (QED) is 0.258. The summed E-state index contributed by atoms with van der Waals surface area (Å²) in [6.45, 7) is 4.04. The first kappa shape index (κ1) is 17.4. The van der Waals surface area contributed by atoms with Gasteiger partial charge in [0.15, 0.2) is 0 Å². The molecule has 0 unspecified atom stereocenters. The summed E-state index contributed by atoms with van der Waals surface area (Å²) in [7, 11) is 1.51. The molecule has 0 rings (SSSR count). The summed E-state index contributed by atoms with van der Waals surface area (Å²) < 4.78 is 33.2. The normalized spacial score (nSPS) is 10.4. The molecule has 96 valence electrons. The Kier molecular flexibility index (Phi) is 8.96. The molecule has 0 radical (unpaired) electrons. The SMILES string of the molecule is C=C(C)C(=O)NCOS(=O)(=O)[O-].C[NH+](C)C. The van der Waals surface area contributed by atoms with Gasteiger partial charge in [0.2, 0.25) is 16.3 Å². The molecule has 0 heterocycles. The fraction of sp³-hybridized carbons (Fsp3) is 0.625. The van der Waals surface area contributed by atoms with Crippen molar-refractivity contribution in [2.24, 2.45) is 0 Å². The molecule has 0 aromatic rings. The Morgan fingerprint density at radius 3 is 2.06 bits per heavy atom. The van der Waals surface area contributed by atoms with Gasteiger partial charge in [0, 0.05) is 5.57 Å². The lowest BCUT2D eigenvalue weighted by Gasteiger charge is -2.08. The molecule has 0 aliphatic heterocycles. The topological polar surface area (TPSA) is 100.0 Å². The Hall–Kier alpha value is -0.960. The van der Waals surface area contributed by atoms with Crippen LogP contribution in [0.2, 0.25) is 0 Å². The maximum absolute atomic E-state index is 10.6. The Morgan fingerprint density at radius 1 is 1.44 bits per heavy atom. The van der Waals surface area contributed by atoms with Gasteiger partial charge in [0.05, 0.1) is 21.1 Å². The lowest BCUT2D eigenvalue weighted by Crippen LogP contribution is -3.02. The van der Waals surface area contributed by atoms with Crippen LogP contribution in [0.1, 0.15) is 6.92 Å². The van der Waals surface area contributed by atoms with Crippen LogP contribution in [0.25, 0.3) is 0 Å². The number of nitrogens with one attached hydrogen (secondary N) is 2. The number of rotatable bonds is 4. The van der Waals surface area contributed by atoms with Gasteiger partial charge in [0.1, 0.15) is 6.73 Å². The van der Waals surface area contributed by atoms with Gasteiger partial charge in [-0.25, -0.2) is 8.42 Å². The summed E-state index contributed by atoms with van der Waals surface area (Å²) in [5.41, 5.74) is 0.196. The number of amides is 1. The van der Waals surface area contributed by atoms with Crippen LogP contribution in [0.5, 0.6) is 0 Å².